The molecular formula is C10H11F3N2O. The first-order valence-electron chi connectivity index (χ1n) is 4.61. The zero-order valence-corrected chi connectivity index (χ0v) is 8.80. The van der Waals surface area contributed by atoms with Gasteiger partial charge >= 0.3 is 6.18 Å². The minimum atomic E-state index is -4.55. The third-order valence-electron chi connectivity index (χ3n) is 2.00. The summed E-state index contributed by atoms with van der Waals surface area (Å²) < 4.78 is 36.8. The monoisotopic (exact) mass is 232 g/mol. The number of hydrogen-bond donors (Lipinski definition) is 1. The van der Waals surface area contributed by atoms with Crippen LogP contribution in [0, 0.1) is 5.92 Å². The van der Waals surface area contributed by atoms with Crippen LogP contribution in [0.15, 0.2) is 12.1 Å². The number of carbonyl (C=O) groups excluding carboxylic acids is 1. The van der Waals surface area contributed by atoms with Gasteiger partial charge in [0.15, 0.2) is 5.78 Å². The first-order chi connectivity index (χ1) is 7.23. The highest BCUT2D eigenvalue weighted by Crippen LogP contribution is 2.29. The van der Waals surface area contributed by atoms with Gasteiger partial charge in [0.2, 0.25) is 0 Å². The van der Waals surface area contributed by atoms with E-state index in [0.717, 1.165) is 12.1 Å². The number of pyridine rings is 1. The van der Waals surface area contributed by atoms with Gasteiger partial charge in [0.1, 0.15) is 11.5 Å². The van der Waals surface area contributed by atoms with Crippen LogP contribution in [0.2, 0.25) is 0 Å². The summed E-state index contributed by atoms with van der Waals surface area (Å²) in [7, 11) is 0. The third-order valence-corrected chi connectivity index (χ3v) is 2.00. The maximum Gasteiger partial charge on any atom is 0.433 e. The van der Waals surface area contributed by atoms with Gasteiger partial charge in [-0.25, -0.2) is 4.98 Å². The van der Waals surface area contributed by atoms with Gasteiger partial charge in [0.05, 0.1) is 5.56 Å². The molecule has 0 radical (unpaired) electrons. The van der Waals surface area contributed by atoms with E-state index in [4.69, 9.17) is 5.73 Å². The van der Waals surface area contributed by atoms with Crippen LogP contribution in [-0.2, 0) is 6.18 Å². The molecule has 1 heterocycles. The van der Waals surface area contributed by atoms with Crippen molar-refractivity contribution in [3.63, 3.8) is 0 Å². The van der Waals surface area contributed by atoms with Crippen LogP contribution in [0.5, 0.6) is 0 Å². The molecule has 0 spiro atoms. The Balaban J connectivity index is 3.15. The van der Waals surface area contributed by atoms with E-state index in [1.807, 2.05) is 0 Å². The molecule has 3 nitrogen and oxygen atoms in total. The number of rotatable bonds is 2. The molecule has 0 aliphatic heterocycles. The molecule has 0 aliphatic rings. The van der Waals surface area contributed by atoms with Crippen LogP contribution < -0.4 is 5.73 Å². The molecule has 1 rings (SSSR count). The molecule has 2 N–H and O–H groups in total. The van der Waals surface area contributed by atoms with Crippen molar-refractivity contribution in [1.82, 2.24) is 4.98 Å². The fourth-order valence-corrected chi connectivity index (χ4v) is 1.15. The maximum atomic E-state index is 12.3. The van der Waals surface area contributed by atoms with Gasteiger partial charge in [0, 0.05) is 5.92 Å². The number of anilines is 1. The Hall–Kier alpha value is -1.59. The van der Waals surface area contributed by atoms with Crippen LogP contribution >= 0.6 is 0 Å². The predicted octanol–water partition coefficient (Wildman–Crippen LogP) is 2.52. The number of nitrogen functional groups attached to an aromatic ring is 1. The van der Waals surface area contributed by atoms with Crippen molar-refractivity contribution in [3.8, 4) is 0 Å². The first kappa shape index (κ1) is 12.5. The van der Waals surface area contributed by atoms with E-state index in [2.05, 4.69) is 4.98 Å². The Morgan fingerprint density at radius 1 is 1.38 bits per heavy atom. The molecule has 88 valence electrons. The van der Waals surface area contributed by atoms with E-state index in [1.165, 1.54) is 0 Å². The highest BCUT2D eigenvalue weighted by molar-refractivity contribution is 6.01. The van der Waals surface area contributed by atoms with Gasteiger partial charge < -0.3 is 5.73 Å². The van der Waals surface area contributed by atoms with Crippen molar-refractivity contribution in [2.45, 2.75) is 20.0 Å². The Morgan fingerprint density at radius 2 is 1.94 bits per heavy atom. The highest BCUT2D eigenvalue weighted by atomic mass is 19.4. The standard InChI is InChI=1S/C10H11F3N2O/c1-5(2)8(16)6-3-4-7(10(11,12)13)15-9(6)14/h3-5H,1-2H3,(H2,14,15). The Bertz CT molecular complexity index is 413. The second kappa shape index (κ2) is 4.11. The molecule has 0 fully saturated rings. The number of hydrogen-bond acceptors (Lipinski definition) is 3. The van der Waals surface area contributed by atoms with Gasteiger partial charge in [-0.15, -0.1) is 0 Å². The molecule has 16 heavy (non-hydrogen) atoms. The second-order valence-electron chi connectivity index (χ2n) is 3.65. The minimum Gasteiger partial charge on any atom is -0.383 e. The molecule has 0 saturated carbocycles. The summed E-state index contributed by atoms with van der Waals surface area (Å²) in [5.74, 6) is -1.03. The molecule has 0 aromatic carbocycles. The van der Waals surface area contributed by atoms with Crippen LogP contribution in [0.25, 0.3) is 0 Å². The average molecular weight is 232 g/mol. The summed E-state index contributed by atoms with van der Waals surface area (Å²) in [5.41, 5.74) is 4.26. The summed E-state index contributed by atoms with van der Waals surface area (Å²) in [6.45, 7) is 3.28. The summed E-state index contributed by atoms with van der Waals surface area (Å²) in [4.78, 5) is 14.7. The molecule has 0 amide bonds. The van der Waals surface area contributed by atoms with Crippen molar-refractivity contribution in [1.29, 1.82) is 0 Å². The lowest BCUT2D eigenvalue weighted by molar-refractivity contribution is -0.141. The van der Waals surface area contributed by atoms with Crippen molar-refractivity contribution in [3.05, 3.63) is 23.4 Å². The van der Waals surface area contributed by atoms with Gasteiger partial charge in [-0.1, -0.05) is 13.8 Å². The van der Waals surface area contributed by atoms with Gasteiger partial charge in [0.25, 0.3) is 0 Å². The fourth-order valence-electron chi connectivity index (χ4n) is 1.15. The van der Waals surface area contributed by atoms with E-state index < -0.39 is 11.9 Å². The highest BCUT2D eigenvalue weighted by Gasteiger charge is 2.33. The molecular weight excluding hydrogens is 221 g/mol. The molecule has 0 bridgehead atoms. The quantitative estimate of drug-likeness (QED) is 0.797. The molecule has 0 saturated heterocycles. The number of nitrogens with zero attached hydrogens (tertiary/aromatic N) is 1. The summed E-state index contributed by atoms with van der Waals surface area (Å²) in [6, 6.07) is 1.82. The fraction of sp³-hybridized carbons (Fsp3) is 0.400. The largest absolute Gasteiger partial charge is 0.433 e. The molecule has 0 unspecified atom stereocenters. The van der Waals surface area contributed by atoms with Crippen molar-refractivity contribution in [2.24, 2.45) is 5.92 Å². The molecule has 6 heteroatoms. The summed E-state index contributed by atoms with van der Waals surface area (Å²) in [5, 5.41) is 0. The zero-order chi connectivity index (χ0) is 12.5. The van der Waals surface area contributed by atoms with E-state index in [0.29, 0.717) is 0 Å². The van der Waals surface area contributed by atoms with Crippen LogP contribution in [-0.4, -0.2) is 10.8 Å². The number of ketones is 1. The van der Waals surface area contributed by atoms with Crippen LogP contribution in [0.4, 0.5) is 19.0 Å². The Kier molecular flexibility index (Phi) is 3.21. The normalized spacial score (nSPS) is 11.9. The van der Waals surface area contributed by atoms with E-state index in [9.17, 15) is 18.0 Å². The zero-order valence-electron chi connectivity index (χ0n) is 8.80. The summed E-state index contributed by atoms with van der Waals surface area (Å²) in [6.07, 6.45) is -4.55. The molecule has 1 aromatic rings. The number of carbonyl (C=O) groups is 1. The van der Waals surface area contributed by atoms with Crippen molar-refractivity contribution >= 4 is 11.6 Å². The van der Waals surface area contributed by atoms with E-state index in [1.54, 1.807) is 13.8 Å². The Labute approximate surface area is 90.5 Å². The number of nitrogens with two attached hydrogens (primary N) is 1. The topological polar surface area (TPSA) is 56.0 Å². The number of Topliss-reactive ketones (excluding diaryl/α,β-unsaturated/α-hetero) is 1. The lowest BCUT2D eigenvalue weighted by Gasteiger charge is -2.10. The number of halogens is 3. The van der Waals surface area contributed by atoms with Crippen LogP contribution in [0.1, 0.15) is 29.9 Å². The lowest BCUT2D eigenvalue weighted by atomic mass is 10.0. The van der Waals surface area contributed by atoms with Gasteiger partial charge in [-0.2, -0.15) is 13.2 Å². The van der Waals surface area contributed by atoms with Crippen LogP contribution in [0.3, 0.4) is 0 Å². The second-order valence-corrected chi connectivity index (χ2v) is 3.65. The van der Waals surface area contributed by atoms with Crippen molar-refractivity contribution < 1.29 is 18.0 Å². The minimum absolute atomic E-state index is 0.0306. The van der Waals surface area contributed by atoms with Gasteiger partial charge in [-0.05, 0) is 12.1 Å². The third kappa shape index (κ3) is 2.50. The molecule has 0 atom stereocenters. The smallest absolute Gasteiger partial charge is 0.383 e. The number of aromatic nitrogens is 1. The summed E-state index contributed by atoms with van der Waals surface area (Å²) >= 11 is 0. The lowest BCUT2D eigenvalue weighted by Crippen LogP contribution is -2.15. The average Bonchev–Trinajstić information content (AvgIpc) is 2.15. The van der Waals surface area contributed by atoms with E-state index in [-0.39, 0.29) is 23.1 Å². The maximum absolute atomic E-state index is 12.3. The molecule has 0 aliphatic carbocycles. The predicted molar refractivity (Wildman–Crippen MR) is 52.8 cm³/mol. The Morgan fingerprint density at radius 3 is 2.31 bits per heavy atom. The van der Waals surface area contributed by atoms with E-state index >= 15 is 0 Å². The van der Waals surface area contributed by atoms with Gasteiger partial charge in [-0.3, -0.25) is 4.79 Å². The van der Waals surface area contributed by atoms with Crippen molar-refractivity contribution in [2.75, 3.05) is 5.73 Å². The first-order valence-corrected chi connectivity index (χ1v) is 4.61. The molecule has 1 aromatic heterocycles. The number of alkyl halides is 3. The SMILES string of the molecule is CC(C)C(=O)c1ccc(C(F)(F)F)nc1N.